The molecule has 3 fully saturated rings. The quantitative estimate of drug-likeness (QED) is 0.0529. The van der Waals surface area contributed by atoms with E-state index < -0.39 is 41.6 Å². The number of thiazole rings is 1. The molecule has 3 aliphatic rings. The molecule has 3 atom stereocenters. The molecule has 1 aliphatic carbocycles. The van der Waals surface area contributed by atoms with Crippen molar-refractivity contribution in [2.45, 2.75) is 103 Å². The number of pyridine rings is 3. The number of nitrogens with zero attached hydrogens (tertiary/aromatic N) is 7. The number of β-amino-alcohol motifs (C(OH)–C–C–N with tert-alkyl or cyclic N) is 1. The van der Waals surface area contributed by atoms with E-state index in [1.807, 2.05) is 81.7 Å². The smallest absolute Gasteiger partial charge is 0.274 e. The highest BCUT2D eigenvalue weighted by Crippen LogP contribution is 2.41. The second-order valence-corrected chi connectivity index (χ2v) is 23.4. The SMILES string of the molecule is Cc1ncsc1-c1ccc(CNC(=O)[C@@H]2C[C@@H](O)CN2C(=O)[C@@H](NC(=O)CCCCN2CCN(c3ccc(Nc4cc(-c5cccc(-n6ccc7cc(C8CC8)cc(F)c7c6=O)c5CO)cn(C)c4=O)nc3)CC2)C(C)(C)C)cc1. The predicted octanol–water partition coefficient (Wildman–Crippen LogP) is 7.54. The number of carbonyl (C=O) groups excluding carboxylic acids is 3. The minimum atomic E-state index is -0.896. The van der Waals surface area contributed by atoms with Gasteiger partial charge in [-0.15, -0.1) is 11.3 Å². The lowest BCUT2D eigenvalue weighted by molar-refractivity contribution is -0.144. The lowest BCUT2D eigenvalue weighted by atomic mass is 9.85. The molecule has 17 nitrogen and oxygen atoms in total. The number of anilines is 3. The Kier molecular flexibility index (Phi) is 16.5. The van der Waals surface area contributed by atoms with Gasteiger partial charge in [-0.2, -0.15) is 0 Å². The van der Waals surface area contributed by atoms with Crippen molar-refractivity contribution >= 4 is 57.0 Å². The molecule has 1 saturated carbocycles. The van der Waals surface area contributed by atoms with Gasteiger partial charge >= 0.3 is 0 Å². The second kappa shape index (κ2) is 23.6. The molecule has 80 heavy (non-hydrogen) atoms. The number of piperazine rings is 1. The fraction of sp³-hybridized carbons (Fsp3) is 0.393. The normalized spacial score (nSPS) is 17.2. The Hall–Kier alpha value is -7.58. The van der Waals surface area contributed by atoms with Crippen LogP contribution in [0, 0.1) is 18.2 Å². The Labute approximate surface area is 468 Å². The maximum absolute atomic E-state index is 15.5. The highest BCUT2D eigenvalue weighted by molar-refractivity contribution is 7.13. The predicted molar refractivity (Wildman–Crippen MR) is 310 cm³/mol. The van der Waals surface area contributed by atoms with Crippen molar-refractivity contribution in [1.82, 2.24) is 39.5 Å². The number of fused-ring (bicyclic) bond motifs is 1. The molecule has 3 amide bonds. The minimum absolute atomic E-state index is 0.00513. The van der Waals surface area contributed by atoms with E-state index in [2.05, 4.69) is 35.7 Å². The summed E-state index contributed by atoms with van der Waals surface area (Å²) in [6.07, 6.45) is 8.00. The Bertz CT molecular complexity index is 3550. The zero-order valence-corrected chi connectivity index (χ0v) is 46.7. The molecule has 4 aromatic heterocycles. The lowest BCUT2D eigenvalue weighted by Crippen LogP contribution is -2.57. The molecule has 19 heteroatoms. The van der Waals surface area contributed by atoms with Gasteiger partial charge in [0.15, 0.2) is 0 Å². The van der Waals surface area contributed by atoms with E-state index >= 15 is 4.39 Å². The third kappa shape index (κ3) is 12.3. The van der Waals surface area contributed by atoms with Crippen LogP contribution < -0.4 is 32.0 Å². The van der Waals surface area contributed by atoms with Gasteiger partial charge in [0, 0.05) is 82.7 Å². The van der Waals surface area contributed by atoms with Gasteiger partial charge in [0.1, 0.15) is 29.4 Å². The first-order chi connectivity index (χ1) is 38.4. The number of benzene rings is 3. The van der Waals surface area contributed by atoms with Crippen molar-refractivity contribution in [3.8, 4) is 27.3 Å². The van der Waals surface area contributed by atoms with Crippen LogP contribution in [0.5, 0.6) is 0 Å². The molecule has 0 spiro atoms. The van der Waals surface area contributed by atoms with Crippen LogP contribution in [0.1, 0.15) is 87.6 Å². The first kappa shape index (κ1) is 55.7. The van der Waals surface area contributed by atoms with Crippen molar-refractivity contribution in [3.63, 3.8) is 0 Å². The maximum Gasteiger partial charge on any atom is 0.274 e. The number of carbonyl (C=O) groups is 3. The number of aromatic nitrogens is 4. The van der Waals surface area contributed by atoms with Gasteiger partial charge in [0.2, 0.25) is 17.7 Å². The lowest BCUT2D eigenvalue weighted by Gasteiger charge is -2.36. The summed E-state index contributed by atoms with van der Waals surface area (Å²) in [5, 5.41) is 31.1. The van der Waals surface area contributed by atoms with Crippen molar-refractivity contribution in [2.24, 2.45) is 12.5 Å². The third-order valence-electron chi connectivity index (χ3n) is 15.7. The van der Waals surface area contributed by atoms with Crippen molar-refractivity contribution in [3.05, 3.63) is 152 Å². The fourth-order valence-corrected chi connectivity index (χ4v) is 11.8. The summed E-state index contributed by atoms with van der Waals surface area (Å²) in [7, 11) is 1.64. The highest BCUT2D eigenvalue weighted by Gasteiger charge is 2.44. The topological polar surface area (TPSA) is 207 Å². The first-order valence-corrected chi connectivity index (χ1v) is 28.4. The van der Waals surface area contributed by atoms with Gasteiger partial charge < -0.3 is 40.5 Å². The monoisotopic (exact) mass is 1100 g/mol. The van der Waals surface area contributed by atoms with Crippen LogP contribution in [0.4, 0.5) is 21.6 Å². The molecule has 2 aliphatic heterocycles. The third-order valence-corrected chi connectivity index (χ3v) is 16.7. The molecule has 3 aromatic carbocycles. The number of hydrogen-bond acceptors (Lipinski definition) is 13. The van der Waals surface area contributed by atoms with Gasteiger partial charge in [-0.25, -0.2) is 14.4 Å². The Morgan fingerprint density at radius 1 is 0.912 bits per heavy atom. The van der Waals surface area contributed by atoms with Crippen LogP contribution in [-0.4, -0.2) is 114 Å². The molecule has 0 bridgehead atoms. The number of amides is 3. The number of nitrogens with one attached hydrogen (secondary N) is 3. The molecular formula is C61H69FN10O7S. The standard InChI is InChI=1S/C61H69FN10O7S/c1-37-55(80-36-65-37)40-14-12-38(13-15-40)31-64-57(76)51-30-45(74)34-72(51)60(79)56(61(2,3)4)67-53(75)11-6-7-21-69-23-25-70(26-24-69)44-18-19-52(63-32-44)66-49-29-43(33-68(5)58(49)77)46-9-8-10-50(47(46)35-73)71-22-20-41-27-42(39-16-17-39)28-48(62)54(41)59(71)78/h8-10,12-15,18-20,22,27-29,32-33,36,39,45,51,56,73-74H,6-7,11,16-17,21,23-26,30-31,34-35H2,1-5H3,(H,63,66)(H,64,76)(H,67,75)/t45-,51+,56-/m1/s1. The van der Waals surface area contributed by atoms with E-state index in [1.165, 1.54) is 20.1 Å². The van der Waals surface area contributed by atoms with Gasteiger partial charge in [0.25, 0.3) is 11.1 Å². The number of aryl methyl sites for hydroxylation is 2. The molecule has 5 N–H and O–H groups in total. The zero-order valence-electron chi connectivity index (χ0n) is 45.9. The largest absolute Gasteiger partial charge is 0.392 e. The fourth-order valence-electron chi connectivity index (χ4n) is 11.0. The molecule has 0 unspecified atom stereocenters. The van der Waals surface area contributed by atoms with E-state index in [4.69, 9.17) is 0 Å². The first-order valence-electron chi connectivity index (χ1n) is 27.5. The Balaban J connectivity index is 0.694. The Morgan fingerprint density at radius 3 is 2.38 bits per heavy atom. The summed E-state index contributed by atoms with van der Waals surface area (Å²) in [5.74, 6) is -0.744. The molecule has 418 valence electrons. The summed E-state index contributed by atoms with van der Waals surface area (Å²) < 4.78 is 18.3. The Morgan fingerprint density at radius 2 is 1.69 bits per heavy atom. The van der Waals surface area contributed by atoms with Gasteiger partial charge in [0.05, 0.1) is 51.8 Å². The van der Waals surface area contributed by atoms with E-state index in [0.717, 1.165) is 84.9 Å². The molecule has 6 heterocycles. The summed E-state index contributed by atoms with van der Waals surface area (Å²) in [6, 6.07) is 22.0. The number of unbranched alkanes of at least 4 members (excludes halogenated alkanes) is 1. The van der Waals surface area contributed by atoms with Crippen LogP contribution in [-0.2, 0) is 34.6 Å². The van der Waals surface area contributed by atoms with Gasteiger partial charge in [-0.05, 0) is 115 Å². The second-order valence-electron chi connectivity index (χ2n) is 22.5. The van der Waals surface area contributed by atoms with E-state index in [1.54, 1.807) is 61.2 Å². The van der Waals surface area contributed by atoms with Crippen molar-refractivity contribution < 1.29 is 29.0 Å². The minimum Gasteiger partial charge on any atom is -0.392 e. The number of rotatable bonds is 18. The number of likely N-dealkylation sites (tertiary alicyclic amines) is 1. The van der Waals surface area contributed by atoms with E-state index in [-0.39, 0.29) is 60.3 Å². The van der Waals surface area contributed by atoms with Crippen LogP contribution in [0.25, 0.3) is 38.0 Å². The van der Waals surface area contributed by atoms with E-state index in [0.29, 0.717) is 45.9 Å². The number of aliphatic hydroxyl groups excluding tert-OH is 2. The number of hydrogen-bond donors (Lipinski definition) is 5. The summed E-state index contributed by atoms with van der Waals surface area (Å²) >= 11 is 1.57. The summed E-state index contributed by atoms with van der Waals surface area (Å²) in [4.78, 5) is 84.6. The van der Waals surface area contributed by atoms with E-state index in [9.17, 15) is 34.2 Å². The van der Waals surface area contributed by atoms with Crippen molar-refractivity contribution in [1.29, 1.82) is 0 Å². The molecular weight excluding hydrogens is 1040 g/mol. The van der Waals surface area contributed by atoms with Crippen LogP contribution in [0.2, 0.25) is 0 Å². The van der Waals surface area contributed by atoms with Crippen LogP contribution >= 0.6 is 11.3 Å². The molecule has 0 radical (unpaired) electrons. The average Bonchev–Trinajstić information content (AvgIpc) is 4.18. The van der Waals surface area contributed by atoms with Crippen LogP contribution in [0.15, 0.2) is 113 Å². The maximum atomic E-state index is 15.5. The van der Waals surface area contributed by atoms with Gasteiger partial charge in [-0.1, -0.05) is 63.2 Å². The molecule has 2 saturated heterocycles. The zero-order chi connectivity index (χ0) is 56.4. The summed E-state index contributed by atoms with van der Waals surface area (Å²) in [5.41, 5.74) is 7.42. The van der Waals surface area contributed by atoms with Crippen LogP contribution in [0.3, 0.4) is 0 Å². The number of aliphatic hydroxyl groups is 2. The highest BCUT2D eigenvalue weighted by atomic mass is 32.1. The van der Waals surface area contributed by atoms with Gasteiger partial charge in [-0.3, -0.25) is 33.4 Å². The van der Waals surface area contributed by atoms with Crippen molar-refractivity contribution in [2.75, 3.05) is 49.5 Å². The molecule has 7 aromatic rings. The average molecular weight is 1110 g/mol. The summed E-state index contributed by atoms with van der Waals surface area (Å²) in [6.45, 7) is 11.4. The molecule has 10 rings (SSSR count). The number of halogens is 1.